The van der Waals surface area contributed by atoms with Crippen molar-refractivity contribution in [3.05, 3.63) is 95.3 Å². The number of carbonyl (C=O) groups excluding carboxylic acids is 2. The number of halogens is 2. The Morgan fingerprint density at radius 3 is 2.18 bits per heavy atom. The number of anilines is 1. The van der Waals surface area contributed by atoms with Crippen LogP contribution in [-0.4, -0.2) is 44.3 Å². The molecular formula is C29H33ClFN3O4S. The van der Waals surface area contributed by atoms with Gasteiger partial charge in [0.05, 0.1) is 10.6 Å². The Hall–Kier alpha value is -3.43. The molecule has 39 heavy (non-hydrogen) atoms. The predicted molar refractivity (Wildman–Crippen MR) is 151 cm³/mol. The number of hydrogen-bond acceptors (Lipinski definition) is 4. The minimum Gasteiger partial charge on any atom is -0.354 e. The van der Waals surface area contributed by atoms with E-state index in [0.29, 0.717) is 23.6 Å². The molecule has 0 aliphatic heterocycles. The van der Waals surface area contributed by atoms with E-state index in [4.69, 9.17) is 11.6 Å². The molecule has 3 aromatic carbocycles. The molecule has 0 aromatic heterocycles. The molecule has 0 unspecified atom stereocenters. The van der Waals surface area contributed by atoms with Crippen LogP contribution in [0.4, 0.5) is 10.1 Å². The van der Waals surface area contributed by atoms with Crippen LogP contribution in [-0.2, 0) is 26.2 Å². The van der Waals surface area contributed by atoms with Crippen molar-refractivity contribution < 1.29 is 22.4 Å². The fourth-order valence-electron chi connectivity index (χ4n) is 4.07. The fourth-order valence-corrected chi connectivity index (χ4v) is 5.63. The van der Waals surface area contributed by atoms with Crippen LogP contribution in [0.25, 0.3) is 0 Å². The molecule has 0 saturated carbocycles. The fraction of sp³-hybridized carbons (Fsp3) is 0.310. The van der Waals surface area contributed by atoms with E-state index in [9.17, 15) is 22.4 Å². The van der Waals surface area contributed by atoms with Gasteiger partial charge in [-0.15, -0.1) is 0 Å². The maximum atomic E-state index is 13.9. The van der Waals surface area contributed by atoms with Crippen LogP contribution in [0.1, 0.15) is 38.7 Å². The van der Waals surface area contributed by atoms with Crippen LogP contribution in [0.3, 0.4) is 0 Å². The SMILES string of the molecule is CCCCNC(=O)[C@@H](CC)N(Cc1ccc(F)cc1)C(=O)CN(c1ccc(Cl)cc1)S(=O)(=O)c1ccccc1. The van der Waals surface area contributed by atoms with Crippen molar-refractivity contribution in [1.29, 1.82) is 0 Å². The summed E-state index contributed by atoms with van der Waals surface area (Å²) >= 11 is 6.04. The maximum absolute atomic E-state index is 13.9. The van der Waals surface area contributed by atoms with Gasteiger partial charge in [0.2, 0.25) is 11.8 Å². The van der Waals surface area contributed by atoms with Gasteiger partial charge in [-0.3, -0.25) is 13.9 Å². The first-order valence-corrected chi connectivity index (χ1v) is 14.6. The lowest BCUT2D eigenvalue weighted by molar-refractivity contribution is -0.140. The van der Waals surface area contributed by atoms with Gasteiger partial charge in [-0.05, 0) is 66.9 Å². The summed E-state index contributed by atoms with van der Waals surface area (Å²) in [7, 11) is -4.15. The number of sulfonamides is 1. The number of benzene rings is 3. The lowest BCUT2D eigenvalue weighted by Gasteiger charge is -2.33. The molecule has 0 heterocycles. The predicted octanol–water partition coefficient (Wildman–Crippen LogP) is 5.40. The molecule has 0 radical (unpaired) electrons. The highest BCUT2D eigenvalue weighted by Crippen LogP contribution is 2.26. The lowest BCUT2D eigenvalue weighted by atomic mass is 10.1. The third-order valence-corrected chi connectivity index (χ3v) is 8.25. The van der Waals surface area contributed by atoms with Crippen molar-refractivity contribution in [3.63, 3.8) is 0 Å². The summed E-state index contributed by atoms with van der Waals surface area (Å²) in [6, 6.07) is 18.7. The van der Waals surface area contributed by atoms with E-state index in [-0.39, 0.29) is 23.0 Å². The second kappa shape index (κ2) is 14.1. The second-order valence-electron chi connectivity index (χ2n) is 9.02. The van der Waals surface area contributed by atoms with E-state index < -0.39 is 34.3 Å². The molecule has 0 saturated heterocycles. The third-order valence-electron chi connectivity index (χ3n) is 6.21. The first-order chi connectivity index (χ1) is 18.7. The van der Waals surface area contributed by atoms with Crippen molar-refractivity contribution in [2.75, 3.05) is 17.4 Å². The maximum Gasteiger partial charge on any atom is 0.264 e. The van der Waals surface area contributed by atoms with Gasteiger partial charge in [0.15, 0.2) is 0 Å². The van der Waals surface area contributed by atoms with E-state index in [1.807, 2.05) is 6.92 Å². The van der Waals surface area contributed by atoms with Crippen LogP contribution >= 0.6 is 11.6 Å². The Morgan fingerprint density at radius 2 is 1.59 bits per heavy atom. The summed E-state index contributed by atoms with van der Waals surface area (Å²) in [5, 5.41) is 3.28. The van der Waals surface area contributed by atoms with Crippen molar-refractivity contribution >= 4 is 39.1 Å². The monoisotopic (exact) mass is 573 g/mol. The van der Waals surface area contributed by atoms with Crippen molar-refractivity contribution in [2.45, 2.75) is 50.6 Å². The third kappa shape index (κ3) is 8.03. The number of carbonyl (C=O) groups is 2. The summed E-state index contributed by atoms with van der Waals surface area (Å²) in [6.07, 6.45) is 1.98. The van der Waals surface area contributed by atoms with Crippen molar-refractivity contribution in [1.82, 2.24) is 10.2 Å². The van der Waals surface area contributed by atoms with Crippen LogP contribution in [0, 0.1) is 5.82 Å². The Kier molecular flexibility index (Phi) is 10.9. The molecule has 2 amide bonds. The van der Waals surface area contributed by atoms with Gasteiger partial charge >= 0.3 is 0 Å². The average molecular weight is 574 g/mol. The van der Waals surface area contributed by atoms with Crippen LogP contribution in [0.2, 0.25) is 5.02 Å². The van der Waals surface area contributed by atoms with Crippen LogP contribution < -0.4 is 9.62 Å². The van der Waals surface area contributed by atoms with Gasteiger partial charge in [-0.1, -0.05) is 62.2 Å². The second-order valence-corrected chi connectivity index (χ2v) is 11.3. The molecule has 0 fully saturated rings. The minimum atomic E-state index is -4.15. The Bertz CT molecular complexity index is 1340. The summed E-state index contributed by atoms with van der Waals surface area (Å²) in [5.74, 6) is -1.33. The molecule has 10 heteroatoms. The van der Waals surface area contributed by atoms with Crippen LogP contribution in [0.15, 0.2) is 83.8 Å². The number of nitrogens with zero attached hydrogens (tertiary/aromatic N) is 2. The highest BCUT2D eigenvalue weighted by atomic mass is 35.5. The van der Waals surface area contributed by atoms with Gasteiger partial charge in [0.25, 0.3) is 10.0 Å². The number of hydrogen-bond donors (Lipinski definition) is 1. The summed E-state index contributed by atoms with van der Waals surface area (Å²) in [5.41, 5.74) is 0.854. The molecule has 208 valence electrons. The number of rotatable bonds is 13. The zero-order valence-corrected chi connectivity index (χ0v) is 23.6. The van der Waals surface area contributed by atoms with E-state index in [2.05, 4.69) is 5.32 Å². The molecular weight excluding hydrogens is 541 g/mol. The molecule has 1 atom stereocenters. The highest BCUT2D eigenvalue weighted by Gasteiger charge is 2.33. The summed E-state index contributed by atoms with van der Waals surface area (Å²) < 4.78 is 42.0. The smallest absolute Gasteiger partial charge is 0.264 e. The highest BCUT2D eigenvalue weighted by molar-refractivity contribution is 7.92. The zero-order chi connectivity index (χ0) is 28.4. The Balaban J connectivity index is 2.01. The molecule has 0 aliphatic rings. The van der Waals surface area contributed by atoms with E-state index in [0.717, 1.165) is 17.1 Å². The van der Waals surface area contributed by atoms with E-state index in [1.165, 1.54) is 53.4 Å². The summed E-state index contributed by atoms with van der Waals surface area (Å²) in [4.78, 5) is 28.4. The lowest BCUT2D eigenvalue weighted by Crippen LogP contribution is -2.52. The Morgan fingerprint density at radius 1 is 0.949 bits per heavy atom. The molecule has 1 N–H and O–H groups in total. The van der Waals surface area contributed by atoms with E-state index in [1.54, 1.807) is 37.3 Å². The molecule has 7 nitrogen and oxygen atoms in total. The Labute approximate surface area is 234 Å². The summed E-state index contributed by atoms with van der Waals surface area (Å²) in [6.45, 7) is 3.69. The molecule has 3 aromatic rings. The quantitative estimate of drug-likeness (QED) is 0.277. The zero-order valence-electron chi connectivity index (χ0n) is 22.0. The number of nitrogens with one attached hydrogen (secondary N) is 1. The van der Waals surface area contributed by atoms with Crippen LogP contribution in [0.5, 0.6) is 0 Å². The van der Waals surface area contributed by atoms with Gasteiger partial charge in [0, 0.05) is 18.1 Å². The first-order valence-electron chi connectivity index (χ1n) is 12.8. The first kappa shape index (κ1) is 30.1. The minimum absolute atomic E-state index is 0.00133. The van der Waals surface area contributed by atoms with Crippen molar-refractivity contribution in [2.24, 2.45) is 0 Å². The molecule has 0 bridgehead atoms. The standard InChI is InChI=1S/C29H33ClFN3O4S/c1-3-5-19-32-29(36)27(4-2)33(20-22-11-15-24(31)16-12-22)28(35)21-34(25-17-13-23(30)14-18-25)39(37,38)26-9-7-6-8-10-26/h6-18,27H,3-5,19-21H2,1-2H3,(H,32,36)/t27-/m1/s1. The number of unbranched alkanes of at least 4 members (excludes halogenated alkanes) is 1. The van der Waals surface area contributed by atoms with Gasteiger partial charge in [0.1, 0.15) is 18.4 Å². The van der Waals surface area contributed by atoms with Gasteiger partial charge in [-0.25, -0.2) is 12.8 Å². The molecule has 0 spiro atoms. The normalized spacial score (nSPS) is 12.0. The van der Waals surface area contributed by atoms with Gasteiger partial charge in [-0.2, -0.15) is 0 Å². The van der Waals surface area contributed by atoms with Crippen molar-refractivity contribution in [3.8, 4) is 0 Å². The molecule has 3 rings (SSSR count). The molecule has 0 aliphatic carbocycles. The number of amides is 2. The average Bonchev–Trinajstić information content (AvgIpc) is 2.93. The van der Waals surface area contributed by atoms with Gasteiger partial charge < -0.3 is 10.2 Å². The van der Waals surface area contributed by atoms with E-state index >= 15 is 0 Å². The largest absolute Gasteiger partial charge is 0.354 e. The topological polar surface area (TPSA) is 86.8 Å².